The van der Waals surface area contributed by atoms with Gasteiger partial charge in [-0.3, -0.25) is 14.9 Å². The topological polar surface area (TPSA) is 106 Å². The minimum Gasteiger partial charge on any atom is -0.390 e. The lowest BCUT2D eigenvalue weighted by atomic mass is 9.95. The first-order valence-corrected chi connectivity index (χ1v) is 11.3. The summed E-state index contributed by atoms with van der Waals surface area (Å²) in [5.74, 6) is -0.846. The number of hydrogen-bond donors (Lipinski definition) is 3. The Morgan fingerprint density at radius 3 is 2.21 bits per heavy atom. The Morgan fingerprint density at radius 1 is 0.912 bits per heavy atom. The van der Waals surface area contributed by atoms with Gasteiger partial charge in [-0.2, -0.15) is 0 Å². The van der Waals surface area contributed by atoms with Gasteiger partial charge in [0.2, 0.25) is 0 Å². The Bertz CT molecular complexity index is 1800. The van der Waals surface area contributed by atoms with E-state index in [0.29, 0.717) is 27.4 Å². The van der Waals surface area contributed by atoms with Gasteiger partial charge >= 0.3 is 0 Å². The summed E-state index contributed by atoms with van der Waals surface area (Å²) in [6, 6.07) is 15.3. The van der Waals surface area contributed by atoms with Gasteiger partial charge in [0.05, 0.1) is 39.3 Å². The number of carbonyl (C=O) groups is 2. The molecule has 8 nitrogen and oxygen atoms in total. The van der Waals surface area contributed by atoms with Crippen molar-refractivity contribution >= 4 is 55.4 Å². The molecule has 3 aliphatic heterocycles. The first-order chi connectivity index (χ1) is 16.4. The summed E-state index contributed by atoms with van der Waals surface area (Å²) in [4.78, 5) is 26.4. The zero-order valence-electron chi connectivity index (χ0n) is 18.1. The number of carbonyl (C=O) groups excluding carboxylic acids is 2. The number of benzene rings is 3. The first-order valence-electron chi connectivity index (χ1n) is 11.3. The summed E-state index contributed by atoms with van der Waals surface area (Å²) in [6.07, 6.45) is -2.61. The van der Waals surface area contributed by atoms with Crippen LogP contribution in [0.4, 0.5) is 0 Å². The molecule has 8 rings (SSSR count). The van der Waals surface area contributed by atoms with Crippen molar-refractivity contribution in [2.75, 3.05) is 0 Å². The fourth-order valence-corrected chi connectivity index (χ4v) is 6.59. The SMILES string of the molecule is C[C@]12O[C@H](C[C@H](O)[C@H]1O)n1c3ccccc3c3c4c(c5c6ccccc6n2c5c31)C(=O)NC4=O. The normalized spacial score (nSPS) is 27.8. The number of hydrogen-bond acceptors (Lipinski definition) is 5. The Morgan fingerprint density at radius 2 is 1.50 bits per heavy atom. The van der Waals surface area contributed by atoms with E-state index < -0.39 is 36.0 Å². The molecule has 1 fully saturated rings. The molecule has 2 aromatic heterocycles. The predicted octanol–water partition coefficient (Wildman–Crippen LogP) is 3.11. The zero-order chi connectivity index (χ0) is 23.1. The van der Waals surface area contributed by atoms with Gasteiger partial charge in [-0.1, -0.05) is 36.4 Å². The van der Waals surface area contributed by atoms with Crippen LogP contribution < -0.4 is 5.32 Å². The van der Waals surface area contributed by atoms with Crippen LogP contribution in [0.15, 0.2) is 48.5 Å². The Labute approximate surface area is 191 Å². The van der Waals surface area contributed by atoms with Crippen molar-refractivity contribution in [2.24, 2.45) is 0 Å². The highest BCUT2D eigenvalue weighted by Crippen LogP contribution is 2.53. The number of aromatic nitrogens is 2. The molecule has 3 aromatic carbocycles. The van der Waals surface area contributed by atoms with Crippen LogP contribution in [0.2, 0.25) is 0 Å². The number of ether oxygens (including phenoxy) is 1. The number of aliphatic hydroxyl groups is 2. The molecule has 5 aromatic rings. The molecule has 3 aliphatic rings. The van der Waals surface area contributed by atoms with Crippen molar-refractivity contribution in [3.8, 4) is 0 Å². The maximum Gasteiger partial charge on any atom is 0.259 e. The van der Waals surface area contributed by atoms with Crippen LogP contribution in [-0.2, 0) is 10.5 Å². The predicted molar refractivity (Wildman–Crippen MR) is 125 cm³/mol. The third-order valence-corrected chi connectivity index (χ3v) is 7.90. The number of nitrogens with zero attached hydrogens (tertiary/aromatic N) is 2. The van der Waals surface area contributed by atoms with Crippen LogP contribution in [0.25, 0.3) is 43.6 Å². The van der Waals surface area contributed by atoms with Crippen LogP contribution in [0.3, 0.4) is 0 Å². The summed E-state index contributed by atoms with van der Waals surface area (Å²) < 4.78 is 10.6. The van der Waals surface area contributed by atoms with Crippen molar-refractivity contribution < 1.29 is 24.5 Å². The van der Waals surface area contributed by atoms with Crippen molar-refractivity contribution in [1.29, 1.82) is 0 Å². The molecular weight excluding hydrogens is 434 g/mol. The highest BCUT2D eigenvalue weighted by molar-refractivity contribution is 6.39. The van der Waals surface area contributed by atoms with Crippen molar-refractivity contribution in [2.45, 2.75) is 37.5 Å². The van der Waals surface area contributed by atoms with Gasteiger partial charge in [-0.05, 0) is 19.1 Å². The van der Waals surface area contributed by atoms with Gasteiger partial charge in [0, 0.05) is 28.0 Å². The van der Waals surface area contributed by atoms with E-state index in [1.54, 1.807) is 6.92 Å². The van der Waals surface area contributed by atoms with E-state index in [4.69, 9.17) is 4.74 Å². The zero-order valence-corrected chi connectivity index (χ0v) is 18.1. The monoisotopic (exact) mass is 453 g/mol. The lowest BCUT2D eigenvalue weighted by Gasteiger charge is -2.45. The summed E-state index contributed by atoms with van der Waals surface area (Å²) >= 11 is 0. The molecule has 34 heavy (non-hydrogen) atoms. The molecule has 0 aliphatic carbocycles. The highest BCUT2D eigenvalue weighted by atomic mass is 16.6. The van der Waals surface area contributed by atoms with Crippen molar-refractivity contribution in [3.63, 3.8) is 0 Å². The molecule has 1 saturated heterocycles. The van der Waals surface area contributed by atoms with E-state index in [9.17, 15) is 19.8 Å². The standard InChI is InChI=1S/C26H19N3O5/c1-26-23(31)15(30)10-16(34-26)28-13-8-4-2-6-11(13)17-19-20(25(33)27-24(19)32)18-12-7-3-5-9-14(12)29(26)22(18)21(17)28/h2-9,15-16,23,30-31H,10H2,1H3,(H,27,32,33)/t15-,16+,23+,26-/m0/s1. The molecule has 0 unspecified atom stereocenters. The van der Waals surface area contributed by atoms with Crippen LogP contribution >= 0.6 is 0 Å². The third kappa shape index (κ3) is 1.83. The molecule has 0 radical (unpaired) electrons. The second-order valence-electron chi connectivity index (χ2n) is 9.60. The number of rotatable bonds is 0. The molecule has 2 amide bonds. The van der Waals surface area contributed by atoms with Crippen molar-refractivity contribution in [1.82, 2.24) is 14.5 Å². The minimum atomic E-state index is -1.30. The molecule has 0 saturated carbocycles. The summed E-state index contributed by atoms with van der Waals surface area (Å²) in [5.41, 5.74) is 2.50. The van der Waals surface area contributed by atoms with Gasteiger partial charge in [0.15, 0.2) is 5.72 Å². The number of imide groups is 1. The van der Waals surface area contributed by atoms with Gasteiger partial charge in [-0.15, -0.1) is 0 Å². The number of fused-ring (bicyclic) bond motifs is 13. The number of para-hydroxylation sites is 2. The smallest absolute Gasteiger partial charge is 0.259 e. The maximum atomic E-state index is 13.2. The summed E-state index contributed by atoms with van der Waals surface area (Å²) in [7, 11) is 0. The third-order valence-electron chi connectivity index (χ3n) is 7.90. The van der Waals surface area contributed by atoms with Crippen LogP contribution in [-0.4, -0.2) is 43.4 Å². The maximum absolute atomic E-state index is 13.2. The quantitative estimate of drug-likeness (QED) is 0.313. The molecule has 4 atom stereocenters. The first kappa shape index (κ1) is 18.7. The summed E-state index contributed by atoms with van der Waals surface area (Å²) in [5, 5.41) is 27.7. The molecule has 168 valence electrons. The molecular formula is C26H19N3O5. The van der Waals surface area contributed by atoms with Gasteiger partial charge in [0.1, 0.15) is 12.3 Å². The largest absolute Gasteiger partial charge is 0.390 e. The van der Waals surface area contributed by atoms with Gasteiger partial charge in [-0.25, -0.2) is 0 Å². The van der Waals surface area contributed by atoms with E-state index in [0.717, 1.165) is 27.3 Å². The van der Waals surface area contributed by atoms with Crippen LogP contribution in [0.1, 0.15) is 40.3 Å². The van der Waals surface area contributed by atoms with E-state index in [1.165, 1.54) is 0 Å². The Balaban J connectivity index is 1.79. The second-order valence-corrected chi connectivity index (χ2v) is 9.60. The number of nitrogens with one attached hydrogen (secondary N) is 1. The molecule has 0 spiro atoms. The fourth-order valence-electron chi connectivity index (χ4n) is 6.59. The average molecular weight is 453 g/mol. The highest BCUT2D eigenvalue weighted by Gasteiger charge is 2.52. The van der Waals surface area contributed by atoms with E-state index >= 15 is 0 Å². The fraction of sp³-hybridized carbons (Fsp3) is 0.231. The van der Waals surface area contributed by atoms with Crippen LogP contribution in [0.5, 0.6) is 0 Å². The van der Waals surface area contributed by atoms with E-state index in [-0.39, 0.29) is 6.42 Å². The Hall–Kier alpha value is -3.72. The summed E-state index contributed by atoms with van der Waals surface area (Å²) in [6.45, 7) is 1.78. The Kier molecular flexibility index (Phi) is 3.11. The second kappa shape index (κ2) is 5.67. The molecule has 8 heteroatoms. The number of aliphatic hydroxyl groups excluding tert-OH is 2. The molecule has 3 N–H and O–H groups in total. The van der Waals surface area contributed by atoms with Crippen molar-refractivity contribution in [3.05, 3.63) is 59.7 Å². The van der Waals surface area contributed by atoms with Gasteiger partial charge in [0.25, 0.3) is 11.8 Å². The minimum absolute atomic E-state index is 0.191. The average Bonchev–Trinajstić information content (AvgIpc) is 3.42. The lowest BCUT2D eigenvalue weighted by Crippen LogP contribution is -2.55. The molecule has 2 bridgehead atoms. The number of amides is 2. The van der Waals surface area contributed by atoms with E-state index in [1.807, 2.05) is 57.7 Å². The van der Waals surface area contributed by atoms with Gasteiger partial charge < -0.3 is 24.1 Å². The van der Waals surface area contributed by atoms with Crippen LogP contribution in [0, 0.1) is 0 Å². The van der Waals surface area contributed by atoms with E-state index in [2.05, 4.69) is 5.32 Å². The lowest BCUT2D eigenvalue weighted by molar-refractivity contribution is -0.272. The molecule has 5 heterocycles.